The van der Waals surface area contributed by atoms with Crippen molar-refractivity contribution < 1.29 is 19.1 Å². The highest BCUT2D eigenvalue weighted by Crippen LogP contribution is 2.35. The number of nitrogens with one attached hydrogen (secondary N) is 2. The van der Waals surface area contributed by atoms with Gasteiger partial charge in [-0.15, -0.1) is 0 Å². The summed E-state index contributed by atoms with van der Waals surface area (Å²) in [5.74, 6) is -0.1000. The average Bonchev–Trinajstić information content (AvgIpc) is 2.65. The smallest absolute Gasteiger partial charge is 0.268 e. The van der Waals surface area contributed by atoms with Crippen molar-refractivity contribution in [3.63, 3.8) is 0 Å². The lowest BCUT2D eigenvalue weighted by atomic mass is 10.0. The molecule has 0 fully saturated rings. The van der Waals surface area contributed by atoms with Gasteiger partial charge in [0, 0.05) is 23.9 Å². The standard InChI is InChI=1S/C21H21N3O4/c1-21(2)20(27)23-15-9-8-14(11-17(15)28-21)22-18(25)12-24-16-6-4-3-5-13(16)7-10-19(24)26/h3-6,8-9,11H,7,10,12H2,1-2H3,(H,22,25)(H,23,27). The number of para-hydroxylation sites is 1. The van der Waals surface area contributed by atoms with Crippen molar-refractivity contribution >= 4 is 34.8 Å². The third-order valence-electron chi connectivity index (χ3n) is 4.92. The second-order valence-electron chi connectivity index (χ2n) is 7.43. The molecule has 144 valence electrons. The molecule has 0 atom stereocenters. The minimum Gasteiger partial charge on any atom is -0.476 e. The Balaban J connectivity index is 1.49. The zero-order valence-electron chi connectivity index (χ0n) is 15.7. The van der Waals surface area contributed by atoms with E-state index in [1.165, 1.54) is 4.90 Å². The van der Waals surface area contributed by atoms with E-state index < -0.39 is 5.60 Å². The lowest BCUT2D eigenvalue weighted by molar-refractivity contribution is -0.129. The fraction of sp³-hybridized carbons (Fsp3) is 0.286. The average molecular weight is 379 g/mol. The molecule has 0 spiro atoms. The summed E-state index contributed by atoms with van der Waals surface area (Å²) in [6.45, 7) is 3.29. The molecule has 0 saturated carbocycles. The molecule has 0 radical (unpaired) electrons. The molecule has 2 aliphatic rings. The maximum Gasteiger partial charge on any atom is 0.268 e. The van der Waals surface area contributed by atoms with Crippen LogP contribution in [-0.2, 0) is 20.8 Å². The molecule has 28 heavy (non-hydrogen) atoms. The number of benzene rings is 2. The van der Waals surface area contributed by atoms with Crippen LogP contribution in [0.15, 0.2) is 42.5 Å². The molecule has 2 aliphatic heterocycles. The summed E-state index contributed by atoms with van der Waals surface area (Å²) < 4.78 is 5.74. The number of amides is 3. The first-order valence-corrected chi connectivity index (χ1v) is 9.16. The molecule has 0 aromatic heterocycles. The van der Waals surface area contributed by atoms with Crippen molar-refractivity contribution in [2.24, 2.45) is 0 Å². The summed E-state index contributed by atoms with van der Waals surface area (Å²) in [5.41, 5.74) is 1.96. The van der Waals surface area contributed by atoms with Crippen molar-refractivity contribution in [1.82, 2.24) is 0 Å². The Morgan fingerprint density at radius 2 is 1.96 bits per heavy atom. The first kappa shape index (κ1) is 18.0. The lowest BCUT2D eigenvalue weighted by Gasteiger charge is -2.32. The van der Waals surface area contributed by atoms with Crippen LogP contribution < -0.4 is 20.3 Å². The van der Waals surface area contributed by atoms with Crippen LogP contribution in [0.1, 0.15) is 25.8 Å². The van der Waals surface area contributed by atoms with Crippen molar-refractivity contribution in [3.8, 4) is 5.75 Å². The van der Waals surface area contributed by atoms with E-state index in [-0.39, 0.29) is 24.3 Å². The minimum atomic E-state index is -0.987. The van der Waals surface area contributed by atoms with Gasteiger partial charge in [0.15, 0.2) is 5.60 Å². The number of fused-ring (bicyclic) bond motifs is 2. The zero-order valence-corrected chi connectivity index (χ0v) is 15.7. The first-order valence-electron chi connectivity index (χ1n) is 9.16. The molecule has 2 aromatic rings. The van der Waals surface area contributed by atoms with Crippen LogP contribution in [0, 0.1) is 0 Å². The largest absolute Gasteiger partial charge is 0.476 e. The van der Waals surface area contributed by atoms with Crippen LogP contribution >= 0.6 is 0 Å². The minimum absolute atomic E-state index is 0.0595. The number of ether oxygens (including phenoxy) is 1. The van der Waals surface area contributed by atoms with E-state index in [0.29, 0.717) is 30.0 Å². The molecule has 7 nitrogen and oxygen atoms in total. The second kappa shape index (κ2) is 6.67. The predicted molar refractivity (Wildman–Crippen MR) is 106 cm³/mol. The lowest BCUT2D eigenvalue weighted by Crippen LogP contribution is -2.45. The molecular formula is C21H21N3O4. The van der Waals surface area contributed by atoms with Crippen LogP contribution in [0.3, 0.4) is 0 Å². The number of carbonyl (C=O) groups excluding carboxylic acids is 3. The number of hydrogen-bond acceptors (Lipinski definition) is 4. The van der Waals surface area contributed by atoms with Gasteiger partial charge in [0.2, 0.25) is 11.8 Å². The predicted octanol–water partition coefficient (Wildman–Crippen LogP) is 2.71. The van der Waals surface area contributed by atoms with E-state index in [9.17, 15) is 14.4 Å². The summed E-state index contributed by atoms with van der Waals surface area (Å²) in [5, 5.41) is 5.59. The van der Waals surface area contributed by atoms with E-state index in [1.807, 2.05) is 24.3 Å². The molecule has 3 amide bonds. The molecule has 2 N–H and O–H groups in total. The van der Waals surface area contributed by atoms with Gasteiger partial charge in [0.1, 0.15) is 12.3 Å². The summed E-state index contributed by atoms with van der Waals surface area (Å²) in [7, 11) is 0. The Bertz CT molecular complexity index is 983. The molecule has 2 aromatic carbocycles. The van der Waals surface area contributed by atoms with Gasteiger partial charge in [0.05, 0.1) is 5.69 Å². The maximum absolute atomic E-state index is 12.6. The third kappa shape index (κ3) is 3.31. The molecular weight excluding hydrogens is 358 g/mol. The topological polar surface area (TPSA) is 87.7 Å². The number of nitrogens with zero attached hydrogens (tertiary/aromatic N) is 1. The second-order valence-corrected chi connectivity index (χ2v) is 7.43. The summed E-state index contributed by atoms with van der Waals surface area (Å²) in [4.78, 5) is 38.4. The number of carbonyl (C=O) groups is 3. The van der Waals surface area contributed by atoms with Crippen LogP contribution in [0.4, 0.5) is 17.1 Å². The number of aryl methyl sites for hydroxylation is 1. The molecule has 0 unspecified atom stereocenters. The molecule has 7 heteroatoms. The molecule has 0 aliphatic carbocycles. The van der Waals surface area contributed by atoms with Gasteiger partial charge >= 0.3 is 0 Å². The van der Waals surface area contributed by atoms with Crippen LogP contribution in [0.5, 0.6) is 5.75 Å². The highest BCUT2D eigenvalue weighted by molar-refractivity contribution is 6.05. The van der Waals surface area contributed by atoms with E-state index in [1.54, 1.807) is 32.0 Å². The highest BCUT2D eigenvalue weighted by atomic mass is 16.5. The Kier molecular flexibility index (Phi) is 4.30. The normalized spacial score (nSPS) is 17.1. The molecule has 0 saturated heterocycles. The number of rotatable bonds is 3. The monoisotopic (exact) mass is 379 g/mol. The Morgan fingerprint density at radius 1 is 1.18 bits per heavy atom. The third-order valence-corrected chi connectivity index (χ3v) is 4.92. The van der Waals surface area contributed by atoms with E-state index in [2.05, 4.69) is 10.6 Å². The molecule has 2 heterocycles. The van der Waals surface area contributed by atoms with Crippen molar-refractivity contribution in [1.29, 1.82) is 0 Å². The van der Waals surface area contributed by atoms with E-state index in [4.69, 9.17) is 4.74 Å². The Hall–Kier alpha value is -3.35. The highest BCUT2D eigenvalue weighted by Gasteiger charge is 2.35. The van der Waals surface area contributed by atoms with Crippen molar-refractivity contribution in [3.05, 3.63) is 48.0 Å². The summed E-state index contributed by atoms with van der Waals surface area (Å²) in [6, 6.07) is 12.7. The molecule has 4 rings (SSSR count). The van der Waals surface area contributed by atoms with Gasteiger partial charge in [-0.3, -0.25) is 14.4 Å². The quantitative estimate of drug-likeness (QED) is 0.858. The number of anilines is 3. The zero-order chi connectivity index (χ0) is 19.9. The SMILES string of the molecule is CC1(C)Oc2cc(NC(=O)CN3C(=O)CCc4ccccc43)ccc2NC1=O. The van der Waals surface area contributed by atoms with Gasteiger partial charge in [-0.2, -0.15) is 0 Å². The van der Waals surface area contributed by atoms with Gasteiger partial charge in [-0.05, 0) is 44.0 Å². The van der Waals surface area contributed by atoms with Crippen LogP contribution in [0.2, 0.25) is 0 Å². The van der Waals surface area contributed by atoms with Crippen molar-refractivity contribution in [2.45, 2.75) is 32.3 Å². The fourth-order valence-electron chi connectivity index (χ4n) is 3.40. The summed E-state index contributed by atoms with van der Waals surface area (Å²) in [6.07, 6.45) is 1.09. The van der Waals surface area contributed by atoms with Gasteiger partial charge in [-0.25, -0.2) is 0 Å². The van der Waals surface area contributed by atoms with Crippen LogP contribution in [0.25, 0.3) is 0 Å². The number of hydrogen-bond donors (Lipinski definition) is 2. The maximum atomic E-state index is 12.6. The molecule has 0 bridgehead atoms. The first-order chi connectivity index (χ1) is 13.3. The fourth-order valence-corrected chi connectivity index (χ4v) is 3.40. The van der Waals surface area contributed by atoms with Gasteiger partial charge in [-0.1, -0.05) is 18.2 Å². The van der Waals surface area contributed by atoms with E-state index in [0.717, 1.165) is 11.3 Å². The van der Waals surface area contributed by atoms with Gasteiger partial charge in [0.25, 0.3) is 5.91 Å². The van der Waals surface area contributed by atoms with Gasteiger partial charge < -0.3 is 20.3 Å². The van der Waals surface area contributed by atoms with Crippen molar-refractivity contribution in [2.75, 3.05) is 22.1 Å². The van der Waals surface area contributed by atoms with Crippen LogP contribution in [-0.4, -0.2) is 29.9 Å². The summed E-state index contributed by atoms with van der Waals surface area (Å²) >= 11 is 0. The van der Waals surface area contributed by atoms with E-state index >= 15 is 0 Å². The Morgan fingerprint density at radius 3 is 2.79 bits per heavy atom. The Labute approximate surface area is 162 Å².